The number of ether oxygens (including phenoxy) is 1. The van der Waals surface area contributed by atoms with Gasteiger partial charge in [0.15, 0.2) is 0 Å². The molecule has 0 rings (SSSR count). The molecule has 0 aliphatic carbocycles. The van der Waals surface area contributed by atoms with Crippen molar-refractivity contribution < 1.29 is 9.53 Å². The van der Waals surface area contributed by atoms with Gasteiger partial charge in [0.05, 0.1) is 13.0 Å². The van der Waals surface area contributed by atoms with E-state index >= 15 is 0 Å². The zero-order valence-electron chi connectivity index (χ0n) is 10.6. The van der Waals surface area contributed by atoms with E-state index in [0.29, 0.717) is 19.1 Å². The lowest BCUT2D eigenvalue weighted by Gasteiger charge is -2.23. The van der Waals surface area contributed by atoms with Gasteiger partial charge in [-0.1, -0.05) is 26.2 Å². The monoisotopic (exact) mass is 215 g/mol. The van der Waals surface area contributed by atoms with E-state index in [-0.39, 0.29) is 5.97 Å². The van der Waals surface area contributed by atoms with Crippen molar-refractivity contribution in [3.63, 3.8) is 0 Å². The summed E-state index contributed by atoms with van der Waals surface area (Å²) in [6, 6.07) is 0.329. The van der Waals surface area contributed by atoms with Crippen LogP contribution in [0.1, 0.15) is 46.0 Å². The van der Waals surface area contributed by atoms with Crippen molar-refractivity contribution >= 4 is 5.97 Å². The van der Waals surface area contributed by atoms with Crippen molar-refractivity contribution in [2.45, 2.75) is 52.0 Å². The Morgan fingerprint density at radius 3 is 2.40 bits per heavy atom. The third kappa shape index (κ3) is 7.37. The average molecular weight is 215 g/mol. The molecule has 0 aromatic carbocycles. The fraction of sp³-hybridized carbons (Fsp3) is 0.917. The molecule has 3 nitrogen and oxygen atoms in total. The minimum atomic E-state index is -0.0762. The molecule has 0 bridgehead atoms. The van der Waals surface area contributed by atoms with Gasteiger partial charge in [-0.15, -0.1) is 0 Å². The van der Waals surface area contributed by atoms with E-state index in [9.17, 15) is 4.79 Å². The largest absolute Gasteiger partial charge is 0.466 e. The quantitative estimate of drug-likeness (QED) is 0.460. The zero-order valence-corrected chi connectivity index (χ0v) is 10.6. The Balaban J connectivity index is 3.87. The van der Waals surface area contributed by atoms with Crippen LogP contribution in [-0.4, -0.2) is 37.6 Å². The SMILES string of the molecule is CCCCCC(CC(=O)OCC)N(C)C. The highest BCUT2D eigenvalue weighted by molar-refractivity contribution is 5.70. The Kier molecular flexibility index (Phi) is 8.38. The average Bonchev–Trinajstić information content (AvgIpc) is 2.16. The lowest BCUT2D eigenvalue weighted by molar-refractivity contribution is -0.144. The van der Waals surface area contributed by atoms with Crippen molar-refractivity contribution in [1.82, 2.24) is 4.90 Å². The molecule has 0 fully saturated rings. The Bertz CT molecular complexity index is 169. The van der Waals surface area contributed by atoms with Crippen LogP contribution in [0.15, 0.2) is 0 Å². The third-order valence-corrected chi connectivity index (χ3v) is 2.58. The number of hydrogen-bond acceptors (Lipinski definition) is 3. The first kappa shape index (κ1) is 14.4. The molecule has 1 atom stereocenters. The van der Waals surface area contributed by atoms with Crippen LogP contribution in [0.25, 0.3) is 0 Å². The highest BCUT2D eigenvalue weighted by atomic mass is 16.5. The fourth-order valence-electron chi connectivity index (χ4n) is 1.59. The van der Waals surface area contributed by atoms with Gasteiger partial charge in [-0.2, -0.15) is 0 Å². The van der Waals surface area contributed by atoms with Crippen LogP contribution in [0.2, 0.25) is 0 Å². The van der Waals surface area contributed by atoms with Crippen LogP contribution in [0.5, 0.6) is 0 Å². The van der Waals surface area contributed by atoms with E-state index in [4.69, 9.17) is 4.74 Å². The lowest BCUT2D eigenvalue weighted by Crippen LogP contribution is -2.31. The summed E-state index contributed by atoms with van der Waals surface area (Å²) >= 11 is 0. The smallest absolute Gasteiger partial charge is 0.307 e. The van der Waals surface area contributed by atoms with Gasteiger partial charge in [-0.05, 0) is 27.4 Å². The Morgan fingerprint density at radius 1 is 1.27 bits per heavy atom. The number of hydrogen-bond donors (Lipinski definition) is 0. The molecular formula is C12H25NO2. The van der Waals surface area contributed by atoms with Gasteiger partial charge >= 0.3 is 5.97 Å². The molecule has 0 aromatic heterocycles. The minimum absolute atomic E-state index is 0.0762. The lowest BCUT2D eigenvalue weighted by atomic mass is 10.0. The topological polar surface area (TPSA) is 29.5 Å². The molecular weight excluding hydrogens is 190 g/mol. The first-order valence-electron chi connectivity index (χ1n) is 5.93. The molecule has 0 amide bonds. The summed E-state index contributed by atoms with van der Waals surface area (Å²) in [7, 11) is 4.05. The predicted octanol–water partition coefficient (Wildman–Crippen LogP) is 2.45. The van der Waals surface area contributed by atoms with Crippen LogP contribution in [-0.2, 0) is 9.53 Å². The van der Waals surface area contributed by atoms with Crippen molar-refractivity contribution in [3.05, 3.63) is 0 Å². The molecule has 0 aliphatic rings. The maximum Gasteiger partial charge on any atom is 0.307 e. The number of unbranched alkanes of at least 4 members (excludes halogenated alkanes) is 2. The molecule has 0 spiro atoms. The maximum atomic E-state index is 11.3. The van der Waals surface area contributed by atoms with Crippen LogP contribution in [0.3, 0.4) is 0 Å². The second-order valence-electron chi connectivity index (χ2n) is 4.12. The number of carbonyl (C=O) groups excluding carboxylic acids is 1. The van der Waals surface area contributed by atoms with Gasteiger partial charge in [-0.25, -0.2) is 0 Å². The first-order valence-corrected chi connectivity index (χ1v) is 5.93. The van der Waals surface area contributed by atoms with E-state index in [2.05, 4.69) is 11.8 Å². The molecule has 0 aromatic rings. The summed E-state index contributed by atoms with van der Waals surface area (Å²) in [6.07, 6.45) is 5.26. The zero-order chi connectivity index (χ0) is 11.7. The second-order valence-corrected chi connectivity index (χ2v) is 4.12. The molecule has 1 unspecified atom stereocenters. The van der Waals surface area contributed by atoms with E-state index in [1.807, 2.05) is 21.0 Å². The number of rotatable bonds is 8. The van der Waals surface area contributed by atoms with Gasteiger partial charge in [0.1, 0.15) is 0 Å². The summed E-state index contributed by atoms with van der Waals surface area (Å²) in [4.78, 5) is 13.5. The first-order chi connectivity index (χ1) is 7.11. The summed E-state index contributed by atoms with van der Waals surface area (Å²) < 4.78 is 4.96. The summed E-state index contributed by atoms with van der Waals surface area (Å²) in [5.74, 6) is -0.0762. The molecule has 0 N–H and O–H groups in total. The van der Waals surface area contributed by atoms with Crippen molar-refractivity contribution in [2.24, 2.45) is 0 Å². The van der Waals surface area contributed by atoms with Crippen molar-refractivity contribution in [3.8, 4) is 0 Å². The molecule has 15 heavy (non-hydrogen) atoms. The van der Waals surface area contributed by atoms with E-state index in [1.165, 1.54) is 19.3 Å². The minimum Gasteiger partial charge on any atom is -0.466 e. The normalized spacial score (nSPS) is 12.9. The standard InChI is InChI=1S/C12H25NO2/c1-5-7-8-9-11(13(3)4)10-12(14)15-6-2/h11H,5-10H2,1-4H3. The highest BCUT2D eigenvalue weighted by Gasteiger charge is 2.16. The van der Waals surface area contributed by atoms with Gasteiger partial charge in [-0.3, -0.25) is 4.79 Å². The van der Waals surface area contributed by atoms with Crippen LogP contribution in [0.4, 0.5) is 0 Å². The van der Waals surface area contributed by atoms with Crippen molar-refractivity contribution in [2.75, 3.05) is 20.7 Å². The third-order valence-electron chi connectivity index (χ3n) is 2.58. The molecule has 3 heteroatoms. The Labute approximate surface area is 93.8 Å². The number of esters is 1. The molecule has 0 saturated heterocycles. The summed E-state index contributed by atoms with van der Waals surface area (Å²) in [6.45, 7) is 4.52. The molecule has 90 valence electrons. The van der Waals surface area contributed by atoms with E-state index in [1.54, 1.807) is 0 Å². The van der Waals surface area contributed by atoms with Crippen LogP contribution < -0.4 is 0 Å². The molecule has 0 heterocycles. The second kappa shape index (κ2) is 8.72. The maximum absolute atomic E-state index is 11.3. The molecule has 0 radical (unpaired) electrons. The van der Waals surface area contributed by atoms with Gasteiger partial charge in [0.25, 0.3) is 0 Å². The molecule has 0 saturated carbocycles. The van der Waals surface area contributed by atoms with Gasteiger partial charge in [0.2, 0.25) is 0 Å². The highest BCUT2D eigenvalue weighted by Crippen LogP contribution is 2.11. The van der Waals surface area contributed by atoms with Crippen LogP contribution >= 0.6 is 0 Å². The Hall–Kier alpha value is -0.570. The van der Waals surface area contributed by atoms with E-state index in [0.717, 1.165) is 6.42 Å². The predicted molar refractivity (Wildman–Crippen MR) is 62.9 cm³/mol. The number of carbonyl (C=O) groups is 1. The number of nitrogens with zero attached hydrogens (tertiary/aromatic N) is 1. The summed E-state index contributed by atoms with van der Waals surface area (Å²) in [5, 5.41) is 0. The fourth-order valence-corrected chi connectivity index (χ4v) is 1.59. The van der Waals surface area contributed by atoms with Crippen molar-refractivity contribution in [1.29, 1.82) is 0 Å². The van der Waals surface area contributed by atoms with Gasteiger partial charge < -0.3 is 9.64 Å². The Morgan fingerprint density at radius 2 is 1.93 bits per heavy atom. The van der Waals surface area contributed by atoms with Crippen LogP contribution in [0, 0.1) is 0 Å². The van der Waals surface area contributed by atoms with Gasteiger partial charge in [0, 0.05) is 6.04 Å². The van der Waals surface area contributed by atoms with E-state index < -0.39 is 0 Å². The molecule has 0 aliphatic heterocycles. The summed E-state index contributed by atoms with van der Waals surface area (Å²) in [5.41, 5.74) is 0.